The van der Waals surface area contributed by atoms with E-state index in [2.05, 4.69) is 38.7 Å². The predicted octanol–water partition coefficient (Wildman–Crippen LogP) is 4.82. The van der Waals surface area contributed by atoms with Crippen molar-refractivity contribution in [2.75, 3.05) is 0 Å². The zero-order valence-corrected chi connectivity index (χ0v) is 17.1. The van der Waals surface area contributed by atoms with Crippen molar-refractivity contribution in [3.05, 3.63) is 35.4 Å². The molecule has 0 amide bonds. The maximum atomic E-state index is 11.2. The van der Waals surface area contributed by atoms with Crippen molar-refractivity contribution < 1.29 is 14.3 Å². The Morgan fingerprint density at radius 3 is 2.38 bits per heavy atom. The number of nitrogens with zero attached hydrogens (tertiary/aromatic N) is 1. The number of rotatable bonds is 7. The molecule has 1 fully saturated rings. The summed E-state index contributed by atoms with van der Waals surface area (Å²) in [5, 5.41) is 18.9. The summed E-state index contributed by atoms with van der Waals surface area (Å²) >= 11 is 0. The van der Waals surface area contributed by atoms with Crippen molar-refractivity contribution in [1.82, 2.24) is 0 Å². The largest absolute Gasteiger partial charge is 0.478 e. The summed E-state index contributed by atoms with van der Waals surface area (Å²) in [6, 6.07) is 12.0. The van der Waals surface area contributed by atoms with E-state index in [0.29, 0.717) is 5.56 Å². The average Bonchev–Trinajstić information content (AvgIpc) is 3.47. The Morgan fingerprint density at radius 2 is 1.92 bits per heavy atom. The Morgan fingerprint density at radius 1 is 1.31 bits per heavy atom. The summed E-state index contributed by atoms with van der Waals surface area (Å²) in [6.45, 7) is 8.43. The van der Waals surface area contributed by atoms with Crippen molar-refractivity contribution in [3.8, 4) is 17.9 Å². The van der Waals surface area contributed by atoms with Crippen LogP contribution in [0.1, 0.15) is 56.5 Å². The average molecular weight is 370 g/mol. The molecule has 0 unspecified atom stereocenters. The van der Waals surface area contributed by atoms with Gasteiger partial charge in [-0.3, -0.25) is 0 Å². The van der Waals surface area contributed by atoms with Crippen molar-refractivity contribution >= 4 is 14.3 Å². The van der Waals surface area contributed by atoms with Crippen molar-refractivity contribution in [2.45, 2.75) is 64.3 Å². The summed E-state index contributed by atoms with van der Waals surface area (Å²) in [5.41, 5.74) is -0.539. The topological polar surface area (TPSA) is 70.3 Å². The minimum atomic E-state index is -1.95. The highest BCUT2D eigenvalue weighted by atomic mass is 28.4. The van der Waals surface area contributed by atoms with Gasteiger partial charge in [0.1, 0.15) is 5.60 Å². The molecule has 0 aromatic heterocycles. The number of carboxylic acids is 1. The Hall–Kier alpha value is -2.08. The van der Waals surface area contributed by atoms with Gasteiger partial charge in [-0.05, 0) is 56.1 Å². The van der Waals surface area contributed by atoms with E-state index in [-0.39, 0.29) is 5.56 Å². The van der Waals surface area contributed by atoms with E-state index >= 15 is 0 Å². The lowest BCUT2D eigenvalue weighted by Crippen LogP contribution is -2.49. The van der Waals surface area contributed by atoms with Crippen LogP contribution in [0.4, 0.5) is 0 Å². The van der Waals surface area contributed by atoms with E-state index in [1.165, 1.54) is 0 Å². The maximum Gasteiger partial charge on any atom is 0.335 e. The molecule has 2 rings (SSSR count). The van der Waals surface area contributed by atoms with Crippen LogP contribution in [0.5, 0.6) is 0 Å². The van der Waals surface area contributed by atoms with Gasteiger partial charge in [0.25, 0.3) is 0 Å². The molecule has 4 nitrogen and oxygen atoms in total. The van der Waals surface area contributed by atoms with Gasteiger partial charge in [0.15, 0.2) is 8.32 Å². The molecule has 26 heavy (non-hydrogen) atoms. The lowest BCUT2D eigenvalue weighted by atomic mass is 9.87. The molecule has 0 aliphatic heterocycles. The van der Waals surface area contributed by atoms with Crippen molar-refractivity contribution in [3.63, 3.8) is 0 Å². The molecule has 0 radical (unpaired) electrons. The van der Waals surface area contributed by atoms with Gasteiger partial charge in [-0.1, -0.05) is 38.7 Å². The Labute approximate surface area is 157 Å². The van der Waals surface area contributed by atoms with Crippen LogP contribution in [0, 0.1) is 28.6 Å². The predicted molar refractivity (Wildman–Crippen MR) is 104 cm³/mol. The zero-order valence-electron chi connectivity index (χ0n) is 16.1. The molecule has 0 saturated heterocycles. The molecule has 1 N–H and O–H groups in total. The fourth-order valence-electron chi connectivity index (χ4n) is 3.38. The number of benzene rings is 1. The van der Waals surface area contributed by atoms with Crippen LogP contribution in [0.25, 0.3) is 0 Å². The SMILES string of the molecule is CC[Si](CC)(CC)O[C@@](C)(C#Cc1cccc(C(=O)O)c1)C1(C#N)CC1. The standard InChI is InChI=1S/C21H27NO3Si/c1-5-26(6-2,7-3)25-20(4,21(16-22)13-14-21)12-11-17-9-8-10-18(15-17)19(23)24/h8-10,15H,5-7,13-14H2,1-4H3,(H,23,24)/t20-/m0/s1. The third-order valence-electron chi connectivity index (χ3n) is 5.79. The molecule has 0 spiro atoms. The fraction of sp³-hybridized carbons (Fsp3) is 0.524. The van der Waals surface area contributed by atoms with Crippen LogP contribution in [0.3, 0.4) is 0 Å². The van der Waals surface area contributed by atoms with E-state index in [4.69, 9.17) is 9.53 Å². The van der Waals surface area contributed by atoms with Crippen molar-refractivity contribution in [2.24, 2.45) is 5.41 Å². The molecule has 138 valence electrons. The smallest absolute Gasteiger partial charge is 0.335 e. The number of carbonyl (C=O) groups is 1. The van der Waals surface area contributed by atoms with Gasteiger partial charge in [-0.2, -0.15) is 5.26 Å². The molecule has 0 heterocycles. The molecule has 1 aromatic rings. The minimum Gasteiger partial charge on any atom is -0.478 e. The molecule has 1 saturated carbocycles. The van der Waals surface area contributed by atoms with E-state index < -0.39 is 25.3 Å². The first-order valence-corrected chi connectivity index (χ1v) is 11.8. The van der Waals surface area contributed by atoms with E-state index in [9.17, 15) is 10.1 Å². The minimum absolute atomic E-state index is 0.209. The van der Waals surface area contributed by atoms with Gasteiger partial charge in [0.2, 0.25) is 0 Å². The van der Waals surface area contributed by atoms with Gasteiger partial charge in [0, 0.05) is 5.56 Å². The summed E-state index contributed by atoms with van der Waals surface area (Å²) in [4.78, 5) is 11.2. The van der Waals surface area contributed by atoms with E-state index in [0.717, 1.165) is 31.0 Å². The van der Waals surface area contributed by atoms with Crippen molar-refractivity contribution in [1.29, 1.82) is 5.26 Å². The number of hydrogen-bond acceptors (Lipinski definition) is 3. The lowest BCUT2D eigenvalue weighted by Gasteiger charge is -2.40. The van der Waals surface area contributed by atoms with Crippen LogP contribution in [0.15, 0.2) is 24.3 Å². The fourth-order valence-corrected chi connectivity index (χ4v) is 6.43. The first-order chi connectivity index (χ1) is 12.3. The van der Waals surface area contributed by atoms with Gasteiger partial charge < -0.3 is 9.53 Å². The highest BCUT2D eigenvalue weighted by Crippen LogP contribution is 2.56. The van der Waals surface area contributed by atoms with Gasteiger partial charge in [0.05, 0.1) is 17.0 Å². The van der Waals surface area contributed by atoms with Crippen LogP contribution in [-0.4, -0.2) is 25.0 Å². The molecule has 0 bridgehead atoms. The molecule has 1 atom stereocenters. The van der Waals surface area contributed by atoms with E-state index in [1.54, 1.807) is 24.3 Å². The molecular formula is C21H27NO3Si. The number of nitriles is 1. The second-order valence-electron chi connectivity index (χ2n) is 7.21. The summed E-state index contributed by atoms with van der Waals surface area (Å²) in [7, 11) is -1.95. The molecular weight excluding hydrogens is 342 g/mol. The lowest BCUT2D eigenvalue weighted by molar-refractivity contribution is 0.0696. The highest BCUT2D eigenvalue weighted by molar-refractivity contribution is 6.73. The highest BCUT2D eigenvalue weighted by Gasteiger charge is 2.60. The second kappa shape index (κ2) is 7.66. The quantitative estimate of drug-likeness (QED) is 0.552. The summed E-state index contributed by atoms with van der Waals surface area (Å²) in [6.07, 6.45) is 1.59. The Balaban J connectivity index is 2.44. The van der Waals surface area contributed by atoms with Gasteiger partial charge in [-0.15, -0.1) is 0 Å². The van der Waals surface area contributed by atoms with Crippen LogP contribution in [-0.2, 0) is 4.43 Å². The molecule has 1 aromatic carbocycles. The first-order valence-electron chi connectivity index (χ1n) is 9.27. The Kier molecular flexibility index (Phi) is 5.96. The molecule has 1 aliphatic rings. The zero-order chi connectivity index (χ0) is 19.4. The number of carboxylic acid groups (broad SMARTS) is 1. The number of hydrogen-bond donors (Lipinski definition) is 1. The van der Waals surface area contributed by atoms with Gasteiger partial charge >= 0.3 is 5.97 Å². The van der Waals surface area contributed by atoms with E-state index in [1.807, 2.05) is 6.92 Å². The van der Waals surface area contributed by atoms with Gasteiger partial charge in [-0.25, -0.2) is 4.79 Å². The second-order valence-corrected chi connectivity index (χ2v) is 11.9. The molecule has 5 heteroatoms. The van der Waals surface area contributed by atoms with Crippen LogP contribution < -0.4 is 0 Å². The van der Waals surface area contributed by atoms with Crippen LogP contribution >= 0.6 is 0 Å². The normalized spacial score (nSPS) is 17.3. The Bertz CT molecular complexity index is 770. The third kappa shape index (κ3) is 3.85. The number of aromatic carboxylic acids is 1. The molecule has 1 aliphatic carbocycles. The first kappa shape index (κ1) is 20.2. The monoisotopic (exact) mass is 369 g/mol. The summed E-state index contributed by atoms with van der Waals surface area (Å²) < 4.78 is 6.72. The third-order valence-corrected chi connectivity index (χ3v) is 10.5. The summed E-state index contributed by atoms with van der Waals surface area (Å²) in [5.74, 6) is 5.35. The van der Waals surface area contributed by atoms with Crippen LogP contribution in [0.2, 0.25) is 18.1 Å². The maximum absolute atomic E-state index is 11.2.